The lowest BCUT2D eigenvalue weighted by Gasteiger charge is -2.02. The molecule has 0 radical (unpaired) electrons. The molecule has 3 aromatic rings. The van der Waals surface area contributed by atoms with E-state index in [0.717, 1.165) is 22.4 Å². The van der Waals surface area contributed by atoms with Gasteiger partial charge in [-0.15, -0.1) is 0 Å². The fraction of sp³-hybridized carbons (Fsp3) is 0.200. The Kier molecular flexibility index (Phi) is 3.80. The smallest absolute Gasteiger partial charge is 0.305 e. The summed E-state index contributed by atoms with van der Waals surface area (Å²) < 4.78 is 1.63. The number of nitrogens with zero attached hydrogens (tertiary/aromatic N) is 2. The first-order valence-corrected chi connectivity index (χ1v) is 6.38. The van der Waals surface area contributed by atoms with Gasteiger partial charge in [0.25, 0.3) is 0 Å². The van der Waals surface area contributed by atoms with E-state index in [1.54, 1.807) is 10.8 Å². The zero-order valence-electron chi connectivity index (χ0n) is 11.3. The zero-order valence-corrected chi connectivity index (χ0v) is 11.3. The molecule has 4 heteroatoms. The van der Waals surface area contributed by atoms with Gasteiger partial charge >= 0.3 is 5.69 Å². The van der Waals surface area contributed by atoms with Crippen LogP contribution in [0.15, 0.2) is 47.4 Å². The third kappa shape index (κ3) is 2.42. The molecule has 1 N–H and O–H groups in total. The zero-order chi connectivity index (χ0) is 13.8. The van der Waals surface area contributed by atoms with Crippen LogP contribution in [0.25, 0.3) is 16.7 Å². The van der Waals surface area contributed by atoms with Gasteiger partial charge in [0.2, 0.25) is 0 Å². The molecule has 0 fully saturated rings. The van der Waals surface area contributed by atoms with E-state index in [-0.39, 0.29) is 5.69 Å². The molecule has 0 saturated carbocycles. The highest BCUT2D eigenvalue weighted by Gasteiger charge is 2.07. The van der Waals surface area contributed by atoms with Crippen molar-refractivity contribution in [3.8, 4) is 5.69 Å². The van der Waals surface area contributed by atoms with Crippen molar-refractivity contribution in [1.29, 1.82) is 0 Å². The number of hydrogen-bond donors (Lipinski definition) is 1. The van der Waals surface area contributed by atoms with Crippen molar-refractivity contribution in [2.75, 3.05) is 0 Å². The van der Waals surface area contributed by atoms with Crippen molar-refractivity contribution < 1.29 is 0 Å². The first-order valence-electron chi connectivity index (χ1n) is 6.38. The lowest BCUT2D eigenvalue weighted by molar-refractivity contribution is 0.997. The maximum Gasteiger partial charge on any atom is 0.331 e. The summed E-state index contributed by atoms with van der Waals surface area (Å²) in [6.07, 6.45) is 1.71. The Labute approximate surface area is 111 Å². The van der Waals surface area contributed by atoms with Gasteiger partial charge in [0.05, 0.1) is 22.9 Å². The average molecular weight is 255 g/mol. The minimum atomic E-state index is -0.142. The number of fused-ring (bicyclic) bond motifs is 1. The van der Waals surface area contributed by atoms with Gasteiger partial charge in [0.1, 0.15) is 0 Å². The molecule has 1 aromatic carbocycles. The van der Waals surface area contributed by atoms with Gasteiger partial charge in [-0.05, 0) is 31.2 Å². The molecule has 3 rings (SSSR count). The summed E-state index contributed by atoms with van der Waals surface area (Å²) in [5.74, 6) is 0. The van der Waals surface area contributed by atoms with Crippen LogP contribution in [-0.4, -0.2) is 14.5 Å². The number of hydrogen-bond acceptors (Lipinski definition) is 2. The number of nitrogens with one attached hydrogen (secondary N) is 1. The number of aromatic amines is 1. The number of aryl methyl sites for hydroxylation is 1. The molecule has 0 aliphatic rings. The van der Waals surface area contributed by atoms with Crippen molar-refractivity contribution in [2.45, 2.75) is 20.8 Å². The largest absolute Gasteiger partial charge is 0.331 e. The summed E-state index contributed by atoms with van der Waals surface area (Å²) >= 11 is 0. The van der Waals surface area contributed by atoms with Crippen molar-refractivity contribution in [3.63, 3.8) is 0 Å². The Hall–Kier alpha value is -2.36. The highest BCUT2D eigenvalue weighted by molar-refractivity contribution is 5.76. The summed E-state index contributed by atoms with van der Waals surface area (Å²) in [5.41, 5.74) is 3.26. The fourth-order valence-corrected chi connectivity index (χ4v) is 1.90. The molecule has 0 saturated heterocycles. The number of rotatable bonds is 1. The van der Waals surface area contributed by atoms with E-state index in [0.29, 0.717) is 0 Å². The van der Waals surface area contributed by atoms with Gasteiger partial charge in [-0.2, -0.15) is 0 Å². The number of para-hydroxylation sites is 2. The number of pyridine rings is 1. The van der Waals surface area contributed by atoms with E-state index in [1.807, 2.05) is 57.2 Å². The Bertz CT molecular complexity index is 723. The van der Waals surface area contributed by atoms with E-state index < -0.39 is 0 Å². The number of H-pyrrole nitrogens is 1. The van der Waals surface area contributed by atoms with Gasteiger partial charge in [0, 0.05) is 5.69 Å². The number of aromatic nitrogens is 3. The fourth-order valence-electron chi connectivity index (χ4n) is 1.90. The van der Waals surface area contributed by atoms with Crippen molar-refractivity contribution >= 4 is 11.0 Å². The second kappa shape index (κ2) is 5.52. The third-order valence-corrected chi connectivity index (χ3v) is 2.74. The van der Waals surface area contributed by atoms with E-state index in [9.17, 15) is 4.79 Å². The van der Waals surface area contributed by atoms with Crippen LogP contribution in [0.4, 0.5) is 0 Å². The van der Waals surface area contributed by atoms with Crippen LogP contribution < -0.4 is 5.69 Å². The van der Waals surface area contributed by atoms with Crippen molar-refractivity contribution in [3.05, 3.63) is 58.8 Å². The molecule has 0 aliphatic heterocycles. The van der Waals surface area contributed by atoms with Crippen molar-refractivity contribution in [2.24, 2.45) is 0 Å². The minimum Gasteiger partial charge on any atom is -0.305 e. The quantitative estimate of drug-likeness (QED) is 0.726. The molecule has 0 bridgehead atoms. The molecule has 0 amide bonds. The Morgan fingerprint density at radius 1 is 1.11 bits per heavy atom. The third-order valence-electron chi connectivity index (χ3n) is 2.74. The number of benzene rings is 1. The predicted octanol–water partition coefficient (Wildman–Crippen LogP) is 3.05. The monoisotopic (exact) mass is 255 g/mol. The van der Waals surface area contributed by atoms with Crippen LogP contribution in [0, 0.1) is 6.92 Å². The van der Waals surface area contributed by atoms with Gasteiger partial charge in [-0.1, -0.05) is 26.0 Å². The SMILES string of the molecule is CC.Cc1ccc(-n2c(=O)[nH]c3ccccc32)cn1. The second-order valence-corrected chi connectivity index (χ2v) is 3.94. The van der Waals surface area contributed by atoms with Crippen molar-refractivity contribution in [1.82, 2.24) is 14.5 Å². The Morgan fingerprint density at radius 3 is 2.53 bits per heavy atom. The number of imidazole rings is 1. The molecule has 19 heavy (non-hydrogen) atoms. The van der Waals surface area contributed by atoms with Gasteiger partial charge in [-0.25, -0.2) is 4.79 Å². The molecule has 98 valence electrons. The molecule has 0 spiro atoms. The first kappa shape index (κ1) is 13.1. The van der Waals surface area contributed by atoms with Gasteiger partial charge in [-0.3, -0.25) is 9.55 Å². The lowest BCUT2D eigenvalue weighted by Crippen LogP contribution is -2.14. The highest BCUT2D eigenvalue weighted by atomic mass is 16.1. The Balaban J connectivity index is 0.000000637. The molecule has 2 aromatic heterocycles. The molecule has 0 unspecified atom stereocenters. The minimum absolute atomic E-state index is 0.142. The Morgan fingerprint density at radius 2 is 1.84 bits per heavy atom. The maximum atomic E-state index is 11.9. The van der Waals surface area contributed by atoms with Crippen LogP contribution in [-0.2, 0) is 0 Å². The average Bonchev–Trinajstić information content (AvgIpc) is 2.78. The summed E-state index contributed by atoms with van der Waals surface area (Å²) in [5, 5.41) is 0. The van der Waals surface area contributed by atoms with Crippen LogP contribution in [0.3, 0.4) is 0 Å². The summed E-state index contributed by atoms with van der Waals surface area (Å²) in [4.78, 5) is 18.9. The first-order chi connectivity index (χ1) is 9.25. The van der Waals surface area contributed by atoms with Crippen LogP contribution in [0.5, 0.6) is 0 Å². The van der Waals surface area contributed by atoms with Gasteiger partial charge < -0.3 is 4.98 Å². The predicted molar refractivity (Wildman–Crippen MR) is 77.8 cm³/mol. The summed E-state index contributed by atoms with van der Waals surface area (Å²) in [6.45, 7) is 5.92. The van der Waals surface area contributed by atoms with Crippen LogP contribution in [0.1, 0.15) is 19.5 Å². The second-order valence-electron chi connectivity index (χ2n) is 3.94. The van der Waals surface area contributed by atoms with E-state index in [1.165, 1.54) is 0 Å². The normalized spacial score (nSPS) is 10.1. The van der Waals surface area contributed by atoms with E-state index >= 15 is 0 Å². The molecule has 2 heterocycles. The van der Waals surface area contributed by atoms with E-state index in [4.69, 9.17) is 0 Å². The molecule has 0 atom stereocenters. The van der Waals surface area contributed by atoms with E-state index in [2.05, 4.69) is 9.97 Å². The highest BCUT2D eigenvalue weighted by Crippen LogP contribution is 2.14. The molecular formula is C15H17N3O. The maximum absolute atomic E-state index is 11.9. The standard InChI is InChI=1S/C13H11N3O.C2H6/c1-9-6-7-10(8-14-9)16-12-5-3-2-4-11(12)15-13(16)17;1-2/h2-8H,1H3,(H,15,17);1-2H3. The topological polar surface area (TPSA) is 50.7 Å². The summed E-state index contributed by atoms with van der Waals surface area (Å²) in [7, 11) is 0. The lowest BCUT2D eigenvalue weighted by atomic mass is 10.3. The van der Waals surface area contributed by atoms with Crippen LogP contribution in [0.2, 0.25) is 0 Å². The molecular weight excluding hydrogens is 238 g/mol. The molecule has 0 aliphatic carbocycles. The van der Waals surface area contributed by atoms with Crippen LogP contribution >= 0.6 is 0 Å². The summed E-state index contributed by atoms with van der Waals surface area (Å²) in [6, 6.07) is 11.4. The van der Waals surface area contributed by atoms with Gasteiger partial charge in [0.15, 0.2) is 0 Å². The molecule has 4 nitrogen and oxygen atoms in total.